The molecule has 1 nitrogen and oxygen atoms in total. The van der Waals surface area contributed by atoms with E-state index in [9.17, 15) is 5.11 Å². The third-order valence-electron chi connectivity index (χ3n) is 13.3. The molecule has 0 aliphatic heterocycles. The van der Waals surface area contributed by atoms with Crippen LogP contribution in [0.3, 0.4) is 0 Å². The number of fused-ring (bicyclic) bond motifs is 2. The first-order chi connectivity index (χ1) is 15.1. The number of rotatable bonds is 5. The average molecular weight is 441 g/mol. The molecule has 0 radical (unpaired) electrons. The van der Waals surface area contributed by atoms with Gasteiger partial charge in [0.05, 0.1) is 6.10 Å². The van der Waals surface area contributed by atoms with Crippen molar-refractivity contribution in [1.82, 2.24) is 0 Å². The van der Waals surface area contributed by atoms with E-state index < -0.39 is 0 Å². The molecule has 0 amide bonds. The second-order valence-electron chi connectivity index (χ2n) is 14.2. The summed E-state index contributed by atoms with van der Waals surface area (Å²) in [5.41, 5.74) is 2.27. The SMILES string of the molecule is CCC(C=CC(C)C1CCC2(C)C3CCC4C(C)C(O)CCC45CC35CCC12C)C(C)C. The zero-order valence-corrected chi connectivity index (χ0v) is 22.3. The van der Waals surface area contributed by atoms with Crippen LogP contribution in [0.2, 0.25) is 0 Å². The smallest absolute Gasteiger partial charge is 0.0568 e. The van der Waals surface area contributed by atoms with Crippen LogP contribution >= 0.6 is 0 Å². The largest absolute Gasteiger partial charge is 0.393 e. The quantitative estimate of drug-likeness (QED) is 0.426. The summed E-state index contributed by atoms with van der Waals surface area (Å²) in [5.74, 6) is 5.31. The van der Waals surface area contributed by atoms with Crippen molar-refractivity contribution in [2.45, 2.75) is 119 Å². The van der Waals surface area contributed by atoms with Crippen LogP contribution in [0.25, 0.3) is 0 Å². The second-order valence-corrected chi connectivity index (χ2v) is 14.2. The summed E-state index contributed by atoms with van der Waals surface area (Å²) < 4.78 is 0. The Bertz CT molecular complexity index is 754. The fraction of sp³-hybridized carbons (Fsp3) is 0.935. The lowest BCUT2D eigenvalue weighted by molar-refractivity contribution is -0.141. The molecule has 5 aliphatic carbocycles. The minimum absolute atomic E-state index is 0.0365. The molecule has 0 bridgehead atoms. The lowest BCUT2D eigenvalue weighted by Gasteiger charge is -2.62. The van der Waals surface area contributed by atoms with E-state index >= 15 is 0 Å². The van der Waals surface area contributed by atoms with E-state index in [0.717, 1.165) is 36.0 Å². The third kappa shape index (κ3) is 2.85. The number of hydrogen-bond donors (Lipinski definition) is 1. The Hall–Kier alpha value is -0.300. The van der Waals surface area contributed by atoms with Crippen molar-refractivity contribution in [2.24, 2.45) is 63.1 Å². The highest BCUT2D eigenvalue weighted by molar-refractivity contribution is 5.29. The summed E-state index contributed by atoms with van der Waals surface area (Å²) in [5, 5.41) is 10.6. The number of aliphatic hydroxyl groups is 1. The van der Waals surface area contributed by atoms with Crippen molar-refractivity contribution in [3.8, 4) is 0 Å². The lowest BCUT2D eigenvalue weighted by Crippen LogP contribution is -2.55. The summed E-state index contributed by atoms with van der Waals surface area (Å²) in [7, 11) is 0. The second kappa shape index (κ2) is 7.60. The summed E-state index contributed by atoms with van der Waals surface area (Å²) in [6.07, 6.45) is 19.0. The molecular weight excluding hydrogens is 388 g/mol. The summed E-state index contributed by atoms with van der Waals surface area (Å²) in [6.45, 7) is 17.5. The fourth-order valence-corrected chi connectivity index (χ4v) is 11.2. The zero-order valence-electron chi connectivity index (χ0n) is 22.3. The van der Waals surface area contributed by atoms with Crippen LogP contribution < -0.4 is 0 Å². The van der Waals surface area contributed by atoms with Crippen LogP contribution in [-0.4, -0.2) is 11.2 Å². The van der Waals surface area contributed by atoms with Crippen LogP contribution in [0.4, 0.5) is 0 Å². The minimum Gasteiger partial charge on any atom is -0.393 e. The van der Waals surface area contributed by atoms with Crippen LogP contribution in [-0.2, 0) is 0 Å². The van der Waals surface area contributed by atoms with E-state index in [1.807, 2.05) is 0 Å². The number of aliphatic hydroxyl groups excluding tert-OH is 1. The van der Waals surface area contributed by atoms with E-state index in [-0.39, 0.29) is 6.10 Å². The number of hydrogen-bond acceptors (Lipinski definition) is 1. The van der Waals surface area contributed by atoms with Gasteiger partial charge in [0.2, 0.25) is 0 Å². The van der Waals surface area contributed by atoms with E-state index in [2.05, 4.69) is 60.6 Å². The van der Waals surface area contributed by atoms with Gasteiger partial charge in [-0.2, -0.15) is 0 Å². The predicted molar refractivity (Wildman–Crippen MR) is 135 cm³/mol. The first-order valence-corrected chi connectivity index (χ1v) is 14.4. The monoisotopic (exact) mass is 440 g/mol. The maximum atomic E-state index is 10.6. The first kappa shape index (κ1) is 23.4. The van der Waals surface area contributed by atoms with Crippen molar-refractivity contribution in [3.63, 3.8) is 0 Å². The third-order valence-corrected chi connectivity index (χ3v) is 13.3. The molecule has 1 heteroatoms. The highest BCUT2D eigenvalue weighted by Crippen LogP contribution is 2.88. The van der Waals surface area contributed by atoms with Gasteiger partial charge in [-0.25, -0.2) is 0 Å². The first-order valence-electron chi connectivity index (χ1n) is 14.4. The zero-order chi connectivity index (χ0) is 23.1. The average Bonchev–Trinajstić information content (AvgIpc) is 3.33. The van der Waals surface area contributed by atoms with E-state index in [1.165, 1.54) is 57.8 Å². The van der Waals surface area contributed by atoms with Crippen molar-refractivity contribution >= 4 is 0 Å². The molecule has 0 aromatic heterocycles. The van der Waals surface area contributed by atoms with Crippen molar-refractivity contribution in [3.05, 3.63) is 12.2 Å². The molecule has 0 heterocycles. The van der Waals surface area contributed by atoms with Crippen LogP contribution in [0.5, 0.6) is 0 Å². The minimum atomic E-state index is -0.0365. The Labute approximate surface area is 199 Å². The van der Waals surface area contributed by atoms with Crippen molar-refractivity contribution in [2.75, 3.05) is 0 Å². The highest BCUT2D eigenvalue weighted by Gasteiger charge is 2.81. The van der Waals surface area contributed by atoms with E-state index in [0.29, 0.717) is 33.5 Å². The van der Waals surface area contributed by atoms with Gasteiger partial charge in [-0.1, -0.05) is 60.6 Å². The van der Waals surface area contributed by atoms with Crippen LogP contribution in [0.15, 0.2) is 12.2 Å². The van der Waals surface area contributed by atoms with Gasteiger partial charge in [0.15, 0.2) is 0 Å². The van der Waals surface area contributed by atoms with Gasteiger partial charge in [0.1, 0.15) is 0 Å². The molecule has 11 unspecified atom stereocenters. The molecule has 0 aromatic carbocycles. The van der Waals surface area contributed by atoms with Gasteiger partial charge in [0.25, 0.3) is 0 Å². The van der Waals surface area contributed by atoms with Gasteiger partial charge in [-0.05, 0) is 127 Å². The molecule has 5 saturated carbocycles. The van der Waals surface area contributed by atoms with E-state index in [1.54, 1.807) is 0 Å². The number of allylic oxidation sites excluding steroid dienone is 2. The maximum Gasteiger partial charge on any atom is 0.0568 e. The normalized spacial score (nSPS) is 54.0. The highest BCUT2D eigenvalue weighted by atomic mass is 16.3. The van der Waals surface area contributed by atoms with Gasteiger partial charge in [-0.15, -0.1) is 0 Å². The van der Waals surface area contributed by atoms with E-state index in [4.69, 9.17) is 0 Å². The summed E-state index contributed by atoms with van der Waals surface area (Å²) in [4.78, 5) is 0. The molecule has 1 N–H and O–H groups in total. The fourth-order valence-electron chi connectivity index (χ4n) is 11.2. The molecule has 11 atom stereocenters. The van der Waals surface area contributed by atoms with Crippen LogP contribution in [0.1, 0.15) is 113 Å². The molecule has 5 aliphatic rings. The van der Waals surface area contributed by atoms with Crippen molar-refractivity contribution in [1.29, 1.82) is 0 Å². The topological polar surface area (TPSA) is 20.2 Å². The molecule has 0 saturated heterocycles. The van der Waals surface area contributed by atoms with Crippen LogP contribution in [0, 0.1) is 63.1 Å². The predicted octanol–water partition coefficient (Wildman–Crippen LogP) is 8.27. The Morgan fingerprint density at radius 2 is 1.62 bits per heavy atom. The lowest BCUT2D eigenvalue weighted by atomic mass is 9.43. The molecule has 5 rings (SSSR count). The molecule has 5 fully saturated rings. The van der Waals surface area contributed by atoms with Gasteiger partial charge in [-0.3, -0.25) is 0 Å². The Morgan fingerprint density at radius 3 is 2.31 bits per heavy atom. The van der Waals surface area contributed by atoms with Gasteiger partial charge >= 0.3 is 0 Å². The molecule has 2 spiro atoms. The molecule has 32 heavy (non-hydrogen) atoms. The summed E-state index contributed by atoms with van der Waals surface area (Å²) >= 11 is 0. The van der Waals surface area contributed by atoms with Crippen molar-refractivity contribution < 1.29 is 5.11 Å². The van der Waals surface area contributed by atoms with Gasteiger partial charge < -0.3 is 5.11 Å². The maximum absolute atomic E-state index is 10.6. The Balaban J connectivity index is 1.39. The Morgan fingerprint density at radius 1 is 0.875 bits per heavy atom. The van der Waals surface area contributed by atoms with Gasteiger partial charge in [0, 0.05) is 0 Å². The molecule has 182 valence electrons. The molecular formula is C31H52O. The standard InChI is InChI=1S/C31H52O/c1-8-23(20(2)3)10-9-21(4)24-13-15-29(7)27-12-11-25-22(5)26(32)14-16-30(25)19-31(27,30)18-17-28(24,29)6/h9-10,20-27,32H,8,11-19H2,1-7H3. The Kier molecular flexibility index (Phi) is 5.57. The molecule has 0 aromatic rings. The summed E-state index contributed by atoms with van der Waals surface area (Å²) in [6, 6.07) is 0.